The topological polar surface area (TPSA) is 122 Å². The minimum absolute atomic E-state index is 0.0154. The summed E-state index contributed by atoms with van der Waals surface area (Å²) < 4.78 is 44.0. The molecule has 1 aromatic rings. The second-order valence-electron chi connectivity index (χ2n) is 19.2. The van der Waals surface area contributed by atoms with Gasteiger partial charge in [0.25, 0.3) is 0 Å². The van der Waals surface area contributed by atoms with Crippen LogP contribution < -0.4 is 4.74 Å². The van der Waals surface area contributed by atoms with E-state index in [1.807, 2.05) is 91.0 Å². The van der Waals surface area contributed by atoms with Crippen LogP contribution >= 0.6 is 0 Å². The molecule has 2 heterocycles. The highest BCUT2D eigenvalue weighted by atomic mass is 28.4. The molecule has 0 radical (unpaired) electrons. The summed E-state index contributed by atoms with van der Waals surface area (Å²) in [6, 6.07) is 7.73. The van der Waals surface area contributed by atoms with Gasteiger partial charge in [0, 0.05) is 44.4 Å². The first-order chi connectivity index (χ1) is 26.4. The second kappa shape index (κ2) is 21.5. The zero-order valence-electron chi connectivity index (χ0n) is 37.5. The van der Waals surface area contributed by atoms with E-state index in [0.717, 1.165) is 24.2 Å². The zero-order valence-corrected chi connectivity index (χ0v) is 38.5. The summed E-state index contributed by atoms with van der Waals surface area (Å²) in [4.78, 5) is 13.5. The average molecular weight is 819 g/mol. The molecule has 2 saturated heterocycles. The summed E-state index contributed by atoms with van der Waals surface area (Å²) in [5.41, 5.74) is 0.975. The lowest BCUT2D eigenvalue weighted by atomic mass is 9.93. The van der Waals surface area contributed by atoms with Crippen molar-refractivity contribution in [2.75, 3.05) is 7.11 Å². The molecule has 326 valence electrons. The van der Waals surface area contributed by atoms with Crippen LogP contribution in [0.2, 0.25) is 18.1 Å². The Labute approximate surface area is 346 Å². The van der Waals surface area contributed by atoms with Gasteiger partial charge >= 0.3 is 0 Å². The molecule has 11 heteroatoms. The molecule has 2 fully saturated rings. The fraction of sp³-hybridized carbons (Fsp3) is 0.761. The Morgan fingerprint density at radius 1 is 0.930 bits per heavy atom. The van der Waals surface area contributed by atoms with Crippen molar-refractivity contribution in [3.8, 4) is 5.75 Å². The third-order valence-electron chi connectivity index (χ3n) is 11.5. The van der Waals surface area contributed by atoms with Crippen molar-refractivity contribution in [2.45, 2.75) is 206 Å². The number of aliphatic hydroxyl groups is 2. The first kappa shape index (κ1) is 49.4. The van der Waals surface area contributed by atoms with Crippen molar-refractivity contribution in [1.29, 1.82) is 0 Å². The second-order valence-corrected chi connectivity index (χ2v) is 24.0. The molecule has 0 bridgehead atoms. The largest absolute Gasteiger partial charge is 0.497 e. The zero-order chi connectivity index (χ0) is 42.8. The Morgan fingerprint density at radius 2 is 1.51 bits per heavy atom. The summed E-state index contributed by atoms with van der Waals surface area (Å²) in [5, 5.41) is 22.0. The maximum atomic E-state index is 13.5. The van der Waals surface area contributed by atoms with Gasteiger partial charge in [-0.3, -0.25) is 4.79 Å². The number of Topliss-reactive ketones (excluding diaryl/α,β-unsaturated/α-hetero) is 1. The van der Waals surface area contributed by atoms with Crippen LogP contribution in [0.1, 0.15) is 126 Å². The van der Waals surface area contributed by atoms with Crippen LogP contribution in [-0.2, 0) is 39.5 Å². The summed E-state index contributed by atoms with van der Waals surface area (Å²) in [6.45, 7) is 29.2. The molecule has 10 nitrogen and oxygen atoms in total. The van der Waals surface area contributed by atoms with Crippen molar-refractivity contribution in [3.05, 3.63) is 54.6 Å². The predicted octanol–water partition coefficient (Wildman–Crippen LogP) is 9.46. The van der Waals surface area contributed by atoms with E-state index >= 15 is 0 Å². The predicted molar refractivity (Wildman–Crippen MR) is 229 cm³/mol. The first-order valence-corrected chi connectivity index (χ1v) is 24.1. The van der Waals surface area contributed by atoms with E-state index in [9.17, 15) is 15.0 Å². The minimum atomic E-state index is -2.03. The molecule has 0 spiro atoms. The van der Waals surface area contributed by atoms with Crippen molar-refractivity contribution in [1.82, 2.24) is 0 Å². The highest BCUT2D eigenvalue weighted by molar-refractivity contribution is 6.74. The molecule has 0 aromatic heterocycles. The highest BCUT2D eigenvalue weighted by Gasteiger charge is 2.42. The van der Waals surface area contributed by atoms with Crippen molar-refractivity contribution < 1.29 is 47.9 Å². The Kier molecular flexibility index (Phi) is 18.7. The molecule has 0 unspecified atom stereocenters. The van der Waals surface area contributed by atoms with E-state index in [0.29, 0.717) is 25.9 Å². The first-order valence-electron chi connectivity index (χ1n) is 21.2. The van der Waals surface area contributed by atoms with E-state index in [1.54, 1.807) is 7.11 Å². The van der Waals surface area contributed by atoms with Crippen LogP contribution in [0.25, 0.3) is 0 Å². The highest BCUT2D eigenvalue weighted by Crippen LogP contribution is 2.40. The van der Waals surface area contributed by atoms with Crippen molar-refractivity contribution >= 4 is 14.1 Å². The van der Waals surface area contributed by atoms with Crippen LogP contribution in [0.5, 0.6) is 5.75 Å². The molecule has 0 saturated carbocycles. The number of methoxy groups -OCH3 is 1. The minimum Gasteiger partial charge on any atom is -0.497 e. The lowest BCUT2D eigenvalue weighted by molar-refractivity contribution is -0.306. The molecule has 0 amide bonds. The Balaban J connectivity index is 1.70. The van der Waals surface area contributed by atoms with Crippen LogP contribution in [-0.4, -0.2) is 91.8 Å². The lowest BCUT2D eigenvalue weighted by Gasteiger charge is -2.44. The molecule has 3 rings (SSSR count). The molecule has 0 aliphatic carbocycles. The number of ether oxygens (including phenoxy) is 6. The molecule has 2 aliphatic heterocycles. The Morgan fingerprint density at radius 3 is 2.07 bits per heavy atom. The monoisotopic (exact) mass is 819 g/mol. The Bertz CT molecular complexity index is 1400. The van der Waals surface area contributed by atoms with Crippen LogP contribution in [0.4, 0.5) is 0 Å². The van der Waals surface area contributed by atoms with E-state index in [1.165, 1.54) is 0 Å². The molecular weight excluding hydrogens is 741 g/mol. The number of aliphatic hydroxyl groups excluding tert-OH is 2. The van der Waals surface area contributed by atoms with E-state index in [2.05, 4.69) is 40.4 Å². The quantitative estimate of drug-likeness (QED) is 0.0865. The van der Waals surface area contributed by atoms with E-state index in [-0.39, 0.29) is 72.4 Å². The summed E-state index contributed by atoms with van der Waals surface area (Å²) >= 11 is 0. The van der Waals surface area contributed by atoms with Gasteiger partial charge in [-0.25, -0.2) is 0 Å². The number of ketones is 1. The fourth-order valence-electron chi connectivity index (χ4n) is 7.63. The third-order valence-corrected chi connectivity index (χ3v) is 16.0. The van der Waals surface area contributed by atoms with Gasteiger partial charge in [0.1, 0.15) is 11.5 Å². The summed E-state index contributed by atoms with van der Waals surface area (Å²) in [7, 11) is -0.397. The molecule has 9 atom stereocenters. The molecule has 1 aromatic carbocycles. The van der Waals surface area contributed by atoms with Crippen LogP contribution in [0.15, 0.2) is 49.1 Å². The van der Waals surface area contributed by atoms with Gasteiger partial charge in [0.15, 0.2) is 19.9 Å². The SMILES string of the molecule is C=CC[C@@H](C[C@H]1C[C@@H](C[C@H](C[C@H](O)CC(=O)C[C@@H]2C[C@H](/C=C/[C@H](C)[C@@H](O)C(C)C)OC(C)(C)O2)OCc2ccc(OC)cc2)OC(C)(C)O1)O[Si](C)(C)C(C)(C)C. The number of rotatable bonds is 22. The fourth-order valence-corrected chi connectivity index (χ4v) is 9.01. The number of hydrogen-bond acceptors (Lipinski definition) is 10. The van der Waals surface area contributed by atoms with Gasteiger partial charge in [-0.1, -0.05) is 71.9 Å². The summed E-state index contributed by atoms with van der Waals surface area (Å²) in [5.74, 6) is -0.914. The Hall–Kier alpha value is -1.93. The van der Waals surface area contributed by atoms with Crippen molar-refractivity contribution in [3.63, 3.8) is 0 Å². The smallest absolute Gasteiger partial charge is 0.192 e. The lowest BCUT2D eigenvalue weighted by Crippen LogP contribution is -2.49. The summed E-state index contributed by atoms with van der Waals surface area (Å²) in [6.07, 6.45) is 6.73. The van der Waals surface area contributed by atoms with Gasteiger partial charge in [-0.2, -0.15) is 0 Å². The maximum absolute atomic E-state index is 13.5. The third kappa shape index (κ3) is 16.9. The van der Waals surface area contributed by atoms with Gasteiger partial charge in [0.2, 0.25) is 0 Å². The maximum Gasteiger partial charge on any atom is 0.192 e. The number of carbonyl (C=O) groups is 1. The standard InChI is InChI=1S/C46H78O10Si/c1-15-16-38(56-57(13,14)44(5,6)7)27-41-29-42(55-46(10,11)54-41)28-39(51-30-33-18-21-36(50-12)22-19-33)24-34(47)23-35(48)25-40-26-37(52-45(8,9)53-40)20-17-32(4)43(49)31(2)3/h15,17-22,31-32,34,37-43,47,49H,1,16,23-30H2,2-14H3/b20-17+/t32-,34+,37-,38-,39-,40+,41-,42+,43-/m0/s1. The van der Waals surface area contributed by atoms with Gasteiger partial charge in [-0.05, 0) is 82.3 Å². The number of hydrogen-bond donors (Lipinski definition) is 2. The van der Waals surface area contributed by atoms with E-state index in [4.69, 9.17) is 32.8 Å². The number of benzene rings is 1. The van der Waals surface area contributed by atoms with Crippen LogP contribution in [0, 0.1) is 11.8 Å². The molecule has 2 N–H and O–H groups in total. The molecule has 57 heavy (non-hydrogen) atoms. The molecule has 2 aliphatic rings. The number of carbonyl (C=O) groups excluding carboxylic acids is 1. The normalized spacial score (nSPS) is 25.5. The van der Waals surface area contributed by atoms with Gasteiger partial charge in [0.05, 0.1) is 62.5 Å². The van der Waals surface area contributed by atoms with Crippen molar-refractivity contribution in [2.24, 2.45) is 11.8 Å². The van der Waals surface area contributed by atoms with Gasteiger partial charge < -0.3 is 43.1 Å². The average Bonchev–Trinajstić information content (AvgIpc) is 3.07. The van der Waals surface area contributed by atoms with Crippen LogP contribution in [0.3, 0.4) is 0 Å². The van der Waals surface area contributed by atoms with E-state index < -0.39 is 38.2 Å². The molecular formula is C46H78O10Si. The van der Waals surface area contributed by atoms with Gasteiger partial charge in [-0.15, -0.1) is 6.58 Å².